The quantitative estimate of drug-likeness (QED) is 0.394. The second kappa shape index (κ2) is 6.02. The molecule has 98 valence electrons. The summed E-state index contributed by atoms with van der Waals surface area (Å²) in [7, 11) is 0. The first-order chi connectivity index (χ1) is 8.45. The summed E-state index contributed by atoms with van der Waals surface area (Å²) in [4.78, 5) is 22.4. The van der Waals surface area contributed by atoms with Crippen molar-refractivity contribution in [3.8, 4) is 5.75 Å². The summed E-state index contributed by atoms with van der Waals surface area (Å²) in [5.41, 5.74) is 7.56. The molecule has 0 spiro atoms. The smallest absolute Gasteiger partial charge is 0.275 e. The van der Waals surface area contributed by atoms with E-state index in [-0.39, 0.29) is 5.92 Å². The van der Waals surface area contributed by atoms with Crippen LogP contribution >= 0.6 is 0 Å². The average molecular weight is 251 g/mol. The van der Waals surface area contributed by atoms with Gasteiger partial charge in [0.05, 0.1) is 0 Å². The predicted molar refractivity (Wildman–Crippen MR) is 66.5 cm³/mol. The summed E-state index contributed by atoms with van der Waals surface area (Å²) in [6, 6.07) is 6.24. The monoisotopic (exact) mass is 251 g/mol. The number of benzene rings is 1. The molecule has 0 aliphatic rings. The minimum atomic E-state index is -0.686. The second-order valence-corrected chi connectivity index (χ2v) is 4.18. The number of carbonyl (C=O) groups is 2. The Bertz CT molecular complexity index is 429. The first-order valence-electron chi connectivity index (χ1n) is 5.52. The van der Waals surface area contributed by atoms with Crippen molar-refractivity contribution in [1.82, 2.24) is 5.43 Å². The Hall–Kier alpha value is -2.08. The summed E-state index contributed by atoms with van der Waals surface area (Å²) >= 11 is 0. The highest BCUT2D eigenvalue weighted by atomic mass is 16.5. The summed E-state index contributed by atoms with van der Waals surface area (Å²) in [6.45, 7) is 3.69. The highest BCUT2D eigenvalue weighted by Gasteiger charge is 2.23. The van der Waals surface area contributed by atoms with Crippen LogP contribution in [0.4, 0.5) is 0 Å². The molecule has 1 rings (SSSR count). The normalized spacial score (nSPS) is 12.0. The second-order valence-electron chi connectivity index (χ2n) is 4.18. The van der Waals surface area contributed by atoms with Crippen LogP contribution in [0.1, 0.15) is 24.2 Å². The number of primary amides is 1. The van der Waals surface area contributed by atoms with E-state index in [1.165, 1.54) is 12.1 Å². The van der Waals surface area contributed by atoms with Crippen LogP contribution in [0.2, 0.25) is 0 Å². The standard InChI is InChI=1S/C12H17N3O3/c1-7(2)10(12(17)15-14)18-9-5-3-8(4-6-9)11(13)16/h3-7,10H,14H2,1-2H3,(H2,13,16)(H,15,17). The van der Waals surface area contributed by atoms with Crippen LogP contribution in [-0.4, -0.2) is 17.9 Å². The van der Waals surface area contributed by atoms with Crippen molar-refractivity contribution in [2.45, 2.75) is 20.0 Å². The number of carbonyl (C=O) groups excluding carboxylic acids is 2. The lowest BCUT2D eigenvalue weighted by atomic mass is 10.1. The number of hydrogen-bond donors (Lipinski definition) is 3. The number of nitrogens with two attached hydrogens (primary N) is 2. The van der Waals surface area contributed by atoms with Gasteiger partial charge in [-0.25, -0.2) is 5.84 Å². The van der Waals surface area contributed by atoms with Crippen molar-refractivity contribution in [3.05, 3.63) is 29.8 Å². The number of rotatable bonds is 5. The minimum Gasteiger partial charge on any atom is -0.480 e. The zero-order valence-corrected chi connectivity index (χ0v) is 10.3. The number of nitrogens with one attached hydrogen (secondary N) is 1. The highest BCUT2D eigenvalue weighted by molar-refractivity contribution is 5.92. The molecule has 0 radical (unpaired) electrons. The minimum absolute atomic E-state index is 0.0376. The van der Waals surface area contributed by atoms with Gasteiger partial charge in [0.2, 0.25) is 5.91 Å². The number of hydrogen-bond acceptors (Lipinski definition) is 4. The topological polar surface area (TPSA) is 107 Å². The van der Waals surface area contributed by atoms with Crippen molar-refractivity contribution in [1.29, 1.82) is 0 Å². The van der Waals surface area contributed by atoms with E-state index in [2.05, 4.69) is 5.43 Å². The molecule has 0 saturated heterocycles. The Morgan fingerprint density at radius 2 is 1.78 bits per heavy atom. The van der Waals surface area contributed by atoms with Gasteiger partial charge in [0.15, 0.2) is 6.10 Å². The maximum absolute atomic E-state index is 11.5. The van der Waals surface area contributed by atoms with Crippen LogP contribution in [-0.2, 0) is 4.79 Å². The molecule has 2 amide bonds. The fourth-order valence-corrected chi connectivity index (χ4v) is 1.42. The molecule has 0 bridgehead atoms. The fourth-order valence-electron chi connectivity index (χ4n) is 1.42. The lowest BCUT2D eigenvalue weighted by molar-refractivity contribution is -0.129. The van der Waals surface area contributed by atoms with Crippen molar-refractivity contribution in [3.63, 3.8) is 0 Å². The summed E-state index contributed by atoms with van der Waals surface area (Å²) in [5.74, 6) is 4.61. The van der Waals surface area contributed by atoms with Crippen molar-refractivity contribution >= 4 is 11.8 Å². The SMILES string of the molecule is CC(C)C(Oc1ccc(C(N)=O)cc1)C(=O)NN. The van der Waals surface area contributed by atoms with Gasteiger partial charge in [-0.15, -0.1) is 0 Å². The molecule has 18 heavy (non-hydrogen) atoms. The Balaban J connectivity index is 2.81. The lowest BCUT2D eigenvalue weighted by Gasteiger charge is -2.20. The van der Waals surface area contributed by atoms with Crippen LogP contribution < -0.4 is 21.7 Å². The van der Waals surface area contributed by atoms with E-state index in [1.807, 2.05) is 13.8 Å². The molecule has 0 aliphatic heterocycles. The van der Waals surface area contributed by atoms with Crippen LogP contribution in [0.5, 0.6) is 5.75 Å². The summed E-state index contributed by atoms with van der Waals surface area (Å²) in [5, 5.41) is 0. The molecule has 0 aliphatic carbocycles. The van der Waals surface area contributed by atoms with E-state index in [0.717, 1.165) is 0 Å². The molecule has 0 saturated carbocycles. The van der Waals surface area contributed by atoms with Gasteiger partial charge in [-0.1, -0.05) is 13.8 Å². The zero-order chi connectivity index (χ0) is 13.7. The van der Waals surface area contributed by atoms with Gasteiger partial charge in [-0.2, -0.15) is 0 Å². The molecule has 0 fully saturated rings. The van der Waals surface area contributed by atoms with Crippen LogP contribution in [0, 0.1) is 5.92 Å². The van der Waals surface area contributed by atoms with Gasteiger partial charge in [0.25, 0.3) is 5.91 Å². The molecule has 6 heteroatoms. The van der Waals surface area contributed by atoms with E-state index < -0.39 is 17.9 Å². The predicted octanol–water partition coefficient (Wildman–Crippen LogP) is 0.179. The molecule has 5 N–H and O–H groups in total. The first kappa shape index (κ1) is 14.0. The van der Waals surface area contributed by atoms with Gasteiger partial charge in [0.1, 0.15) is 5.75 Å². The molecule has 1 unspecified atom stereocenters. The molecule has 0 heterocycles. The third-order valence-corrected chi connectivity index (χ3v) is 2.41. The first-order valence-corrected chi connectivity index (χ1v) is 5.52. The lowest BCUT2D eigenvalue weighted by Crippen LogP contribution is -2.44. The van der Waals surface area contributed by atoms with Crippen LogP contribution in [0.3, 0.4) is 0 Å². The van der Waals surface area contributed by atoms with Crippen LogP contribution in [0.15, 0.2) is 24.3 Å². The Morgan fingerprint density at radius 3 is 2.17 bits per heavy atom. The molecule has 0 aromatic heterocycles. The Morgan fingerprint density at radius 1 is 1.22 bits per heavy atom. The van der Waals surface area contributed by atoms with E-state index >= 15 is 0 Å². The van der Waals surface area contributed by atoms with Gasteiger partial charge in [-0.05, 0) is 30.2 Å². The Labute approximate surface area is 105 Å². The molecular formula is C12H17N3O3. The van der Waals surface area contributed by atoms with E-state index in [9.17, 15) is 9.59 Å². The van der Waals surface area contributed by atoms with Gasteiger partial charge < -0.3 is 10.5 Å². The maximum atomic E-state index is 11.5. The third-order valence-electron chi connectivity index (χ3n) is 2.41. The van der Waals surface area contributed by atoms with Crippen molar-refractivity contribution < 1.29 is 14.3 Å². The van der Waals surface area contributed by atoms with Gasteiger partial charge in [0, 0.05) is 5.56 Å². The summed E-state index contributed by atoms with van der Waals surface area (Å²) in [6.07, 6.45) is -0.686. The van der Waals surface area contributed by atoms with Crippen molar-refractivity contribution in [2.24, 2.45) is 17.5 Å². The summed E-state index contributed by atoms with van der Waals surface area (Å²) < 4.78 is 5.52. The van der Waals surface area contributed by atoms with Gasteiger partial charge in [-0.3, -0.25) is 15.0 Å². The maximum Gasteiger partial charge on any atom is 0.275 e. The van der Waals surface area contributed by atoms with Crippen LogP contribution in [0.25, 0.3) is 0 Å². The zero-order valence-electron chi connectivity index (χ0n) is 10.3. The van der Waals surface area contributed by atoms with Gasteiger partial charge >= 0.3 is 0 Å². The van der Waals surface area contributed by atoms with E-state index in [4.69, 9.17) is 16.3 Å². The molecule has 6 nitrogen and oxygen atoms in total. The fraction of sp³-hybridized carbons (Fsp3) is 0.333. The molecular weight excluding hydrogens is 234 g/mol. The van der Waals surface area contributed by atoms with E-state index in [1.54, 1.807) is 12.1 Å². The largest absolute Gasteiger partial charge is 0.480 e. The van der Waals surface area contributed by atoms with E-state index in [0.29, 0.717) is 11.3 Å². The molecule has 1 aromatic carbocycles. The molecule has 1 aromatic rings. The van der Waals surface area contributed by atoms with Crippen molar-refractivity contribution in [2.75, 3.05) is 0 Å². The highest BCUT2D eigenvalue weighted by Crippen LogP contribution is 2.17. The number of amides is 2. The number of ether oxygens (including phenoxy) is 1. The third kappa shape index (κ3) is 3.46. The molecule has 1 atom stereocenters. The number of hydrazine groups is 1. The average Bonchev–Trinajstić information content (AvgIpc) is 2.35. The Kier molecular flexibility index (Phi) is 4.67.